The van der Waals surface area contributed by atoms with Crippen molar-refractivity contribution in [3.05, 3.63) is 83.7 Å². The summed E-state index contributed by atoms with van der Waals surface area (Å²) in [4.78, 5) is 2.22. The second kappa shape index (κ2) is 8.63. The summed E-state index contributed by atoms with van der Waals surface area (Å²) in [5.74, 6) is -1.10. The fourth-order valence-corrected chi connectivity index (χ4v) is 4.21. The third kappa shape index (κ3) is 4.28. The SMILES string of the molecule is OCC(c1ccnn1-c1ccc(F)cc1)C1(O)CCN(Cc2ccc(F)cc2)CC1. The Hall–Kier alpha value is -2.61. The van der Waals surface area contributed by atoms with E-state index in [4.69, 9.17) is 0 Å². The molecule has 1 aromatic heterocycles. The van der Waals surface area contributed by atoms with E-state index in [1.54, 1.807) is 41.2 Å². The predicted octanol–water partition coefficient (Wildman–Crippen LogP) is 3.25. The van der Waals surface area contributed by atoms with Crippen LogP contribution in [0, 0.1) is 11.6 Å². The number of rotatable bonds is 6. The normalized spacial score (nSPS) is 17.7. The maximum atomic E-state index is 13.3. The lowest BCUT2D eigenvalue weighted by atomic mass is 9.78. The number of aliphatic hydroxyl groups is 2. The summed E-state index contributed by atoms with van der Waals surface area (Å²) in [6.45, 7) is 1.79. The molecule has 1 fully saturated rings. The van der Waals surface area contributed by atoms with Gasteiger partial charge >= 0.3 is 0 Å². The minimum absolute atomic E-state index is 0.221. The lowest BCUT2D eigenvalue weighted by Crippen LogP contribution is -2.49. The Morgan fingerprint density at radius 2 is 1.53 bits per heavy atom. The first-order valence-corrected chi connectivity index (χ1v) is 10.1. The van der Waals surface area contributed by atoms with Gasteiger partial charge in [-0.3, -0.25) is 4.90 Å². The van der Waals surface area contributed by atoms with Crippen molar-refractivity contribution in [3.8, 4) is 5.69 Å². The zero-order valence-electron chi connectivity index (χ0n) is 16.6. The van der Waals surface area contributed by atoms with Crippen molar-refractivity contribution >= 4 is 0 Å². The van der Waals surface area contributed by atoms with Crippen LogP contribution in [-0.4, -0.2) is 50.2 Å². The van der Waals surface area contributed by atoms with Gasteiger partial charge < -0.3 is 10.2 Å². The van der Waals surface area contributed by atoms with Crippen LogP contribution in [0.3, 0.4) is 0 Å². The quantitative estimate of drug-likeness (QED) is 0.651. The summed E-state index contributed by atoms with van der Waals surface area (Å²) in [5.41, 5.74) is 1.31. The number of halogens is 2. The van der Waals surface area contributed by atoms with Gasteiger partial charge in [0.05, 0.1) is 29.5 Å². The molecule has 1 unspecified atom stereocenters. The Morgan fingerprint density at radius 1 is 0.933 bits per heavy atom. The number of likely N-dealkylation sites (tertiary alicyclic amines) is 1. The van der Waals surface area contributed by atoms with Crippen LogP contribution < -0.4 is 0 Å². The average Bonchev–Trinajstić information content (AvgIpc) is 3.22. The van der Waals surface area contributed by atoms with Gasteiger partial charge in [0, 0.05) is 25.8 Å². The number of hydrogen-bond acceptors (Lipinski definition) is 4. The Morgan fingerprint density at radius 3 is 2.13 bits per heavy atom. The van der Waals surface area contributed by atoms with Crippen molar-refractivity contribution in [2.24, 2.45) is 0 Å². The van der Waals surface area contributed by atoms with Crippen LogP contribution in [0.1, 0.15) is 30.0 Å². The molecule has 0 saturated carbocycles. The zero-order chi connectivity index (χ0) is 21.1. The van der Waals surface area contributed by atoms with Gasteiger partial charge in [-0.2, -0.15) is 5.10 Å². The lowest BCUT2D eigenvalue weighted by Gasteiger charge is -2.42. The highest BCUT2D eigenvalue weighted by molar-refractivity contribution is 5.34. The van der Waals surface area contributed by atoms with E-state index in [1.807, 2.05) is 0 Å². The Labute approximate surface area is 174 Å². The summed E-state index contributed by atoms with van der Waals surface area (Å²) in [6.07, 6.45) is 2.61. The van der Waals surface area contributed by atoms with E-state index in [9.17, 15) is 19.0 Å². The molecule has 3 aromatic rings. The van der Waals surface area contributed by atoms with E-state index < -0.39 is 11.5 Å². The highest BCUT2D eigenvalue weighted by Gasteiger charge is 2.41. The molecule has 0 amide bonds. The molecule has 2 N–H and O–H groups in total. The number of piperidine rings is 1. The fourth-order valence-electron chi connectivity index (χ4n) is 4.21. The van der Waals surface area contributed by atoms with Crippen molar-refractivity contribution in [1.82, 2.24) is 14.7 Å². The maximum absolute atomic E-state index is 13.3. The van der Waals surface area contributed by atoms with Crippen molar-refractivity contribution < 1.29 is 19.0 Å². The molecule has 0 radical (unpaired) electrons. The first kappa shape index (κ1) is 20.7. The molecular weight excluding hydrogens is 388 g/mol. The van der Waals surface area contributed by atoms with Crippen molar-refractivity contribution in [1.29, 1.82) is 0 Å². The molecule has 2 aromatic carbocycles. The second-order valence-corrected chi connectivity index (χ2v) is 7.89. The Kier molecular flexibility index (Phi) is 5.94. The molecule has 4 rings (SSSR count). The zero-order valence-corrected chi connectivity index (χ0v) is 16.6. The molecule has 5 nitrogen and oxygen atoms in total. The minimum Gasteiger partial charge on any atom is -0.396 e. The second-order valence-electron chi connectivity index (χ2n) is 7.89. The van der Waals surface area contributed by atoms with Crippen LogP contribution in [0.25, 0.3) is 5.69 Å². The lowest BCUT2D eigenvalue weighted by molar-refractivity contribution is -0.0578. The van der Waals surface area contributed by atoms with Crippen LogP contribution in [0.4, 0.5) is 8.78 Å². The van der Waals surface area contributed by atoms with E-state index in [-0.39, 0.29) is 18.2 Å². The summed E-state index contributed by atoms with van der Waals surface area (Å²) >= 11 is 0. The van der Waals surface area contributed by atoms with Crippen molar-refractivity contribution in [2.45, 2.75) is 30.9 Å². The van der Waals surface area contributed by atoms with E-state index in [0.717, 1.165) is 5.56 Å². The van der Waals surface area contributed by atoms with Gasteiger partial charge in [0.25, 0.3) is 0 Å². The molecule has 7 heteroatoms. The molecule has 0 spiro atoms. The smallest absolute Gasteiger partial charge is 0.123 e. The average molecular weight is 413 g/mol. The largest absolute Gasteiger partial charge is 0.396 e. The van der Waals surface area contributed by atoms with Gasteiger partial charge in [-0.1, -0.05) is 12.1 Å². The molecule has 0 aliphatic carbocycles. The van der Waals surface area contributed by atoms with Gasteiger partial charge in [-0.05, 0) is 60.9 Å². The maximum Gasteiger partial charge on any atom is 0.123 e. The summed E-state index contributed by atoms with van der Waals surface area (Å²) in [5, 5.41) is 25.9. The molecular formula is C23H25F2N3O2. The van der Waals surface area contributed by atoms with Crippen molar-refractivity contribution in [3.63, 3.8) is 0 Å². The standard InChI is InChI=1S/C23H25F2N3O2/c24-18-3-1-17(2-4-18)15-27-13-10-23(30,11-14-27)21(16-29)22-9-12-26-28(22)20-7-5-19(25)6-8-20/h1-9,12,21,29-30H,10-11,13-16H2. The third-order valence-corrected chi connectivity index (χ3v) is 5.97. The summed E-state index contributed by atoms with van der Waals surface area (Å²) < 4.78 is 28.0. The van der Waals surface area contributed by atoms with Gasteiger partial charge in [-0.15, -0.1) is 0 Å². The highest BCUT2D eigenvalue weighted by atomic mass is 19.1. The molecule has 1 aliphatic heterocycles. The Balaban J connectivity index is 1.48. The first-order valence-electron chi connectivity index (χ1n) is 10.1. The van der Waals surface area contributed by atoms with Gasteiger partial charge in [0.15, 0.2) is 0 Å². The van der Waals surface area contributed by atoms with E-state index in [1.165, 1.54) is 24.3 Å². The van der Waals surface area contributed by atoms with Crippen LogP contribution >= 0.6 is 0 Å². The van der Waals surface area contributed by atoms with Gasteiger partial charge in [0.2, 0.25) is 0 Å². The number of hydrogen-bond donors (Lipinski definition) is 2. The minimum atomic E-state index is -1.08. The highest BCUT2D eigenvalue weighted by Crippen LogP contribution is 2.37. The molecule has 158 valence electrons. The summed E-state index contributed by atoms with van der Waals surface area (Å²) in [6, 6.07) is 14.2. The third-order valence-electron chi connectivity index (χ3n) is 5.97. The Bertz CT molecular complexity index is 965. The van der Waals surface area contributed by atoms with Gasteiger partial charge in [0.1, 0.15) is 11.6 Å². The number of aliphatic hydroxyl groups excluding tert-OH is 1. The molecule has 1 atom stereocenters. The van der Waals surface area contributed by atoms with Crippen molar-refractivity contribution in [2.75, 3.05) is 19.7 Å². The monoisotopic (exact) mass is 413 g/mol. The van der Waals surface area contributed by atoms with Gasteiger partial charge in [-0.25, -0.2) is 13.5 Å². The number of aromatic nitrogens is 2. The van der Waals surface area contributed by atoms with Crippen LogP contribution in [0.5, 0.6) is 0 Å². The van der Waals surface area contributed by atoms with Crippen LogP contribution in [0.15, 0.2) is 60.8 Å². The molecule has 30 heavy (non-hydrogen) atoms. The molecule has 2 heterocycles. The first-order chi connectivity index (χ1) is 14.5. The number of nitrogens with zero attached hydrogens (tertiary/aromatic N) is 3. The summed E-state index contributed by atoms with van der Waals surface area (Å²) in [7, 11) is 0. The topological polar surface area (TPSA) is 61.5 Å². The van der Waals surface area contributed by atoms with E-state index >= 15 is 0 Å². The van der Waals surface area contributed by atoms with Crippen LogP contribution in [-0.2, 0) is 6.54 Å². The molecule has 1 aliphatic rings. The molecule has 0 bridgehead atoms. The predicted molar refractivity (Wildman–Crippen MR) is 109 cm³/mol. The number of benzene rings is 2. The van der Waals surface area contributed by atoms with Crippen LogP contribution in [0.2, 0.25) is 0 Å². The molecule has 1 saturated heterocycles. The van der Waals surface area contributed by atoms with E-state index in [0.29, 0.717) is 43.9 Å². The fraction of sp³-hybridized carbons (Fsp3) is 0.348. The van der Waals surface area contributed by atoms with E-state index in [2.05, 4.69) is 10.00 Å².